The molecule has 0 aliphatic heterocycles. The Morgan fingerprint density at radius 2 is 2.17 bits per heavy atom. The van der Waals surface area contributed by atoms with E-state index in [1.807, 2.05) is 0 Å². The van der Waals surface area contributed by atoms with Gasteiger partial charge < -0.3 is 15.2 Å². The highest BCUT2D eigenvalue weighted by Crippen LogP contribution is 2.22. The Morgan fingerprint density at radius 3 is 2.78 bits per heavy atom. The number of esters is 1. The summed E-state index contributed by atoms with van der Waals surface area (Å²) in [6, 6.07) is 4.90. The zero-order chi connectivity index (χ0) is 13.5. The van der Waals surface area contributed by atoms with Gasteiger partial charge in [-0.05, 0) is 24.5 Å². The average molecular weight is 251 g/mol. The second-order valence-corrected chi connectivity index (χ2v) is 4.45. The van der Waals surface area contributed by atoms with Crippen molar-refractivity contribution in [2.24, 2.45) is 5.92 Å². The summed E-state index contributed by atoms with van der Waals surface area (Å²) in [5, 5.41) is 0. The van der Waals surface area contributed by atoms with E-state index in [2.05, 4.69) is 13.8 Å². The van der Waals surface area contributed by atoms with Gasteiger partial charge >= 0.3 is 5.97 Å². The molecular formula is C14H21NO3. The minimum Gasteiger partial charge on any atom is -0.496 e. The van der Waals surface area contributed by atoms with Gasteiger partial charge in [0.2, 0.25) is 0 Å². The smallest absolute Gasteiger partial charge is 0.341 e. The van der Waals surface area contributed by atoms with E-state index in [1.165, 1.54) is 7.11 Å². The lowest BCUT2D eigenvalue weighted by Gasteiger charge is -2.12. The van der Waals surface area contributed by atoms with Gasteiger partial charge in [0.15, 0.2) is 0 Å². The van der Waals surface area contributed by atoms with Crippen molar-refractivity contribution in [3.05, 3.63) is 23.8 Å². The van der Waals surface area contributed by atoms with Crippen LogP contribution in [0.1, 0.15) is 37.0 Å². The van der Waals surface area contributed by atoms with Crippen LogP contribution in [0.3, 0.4) is 0 Å². The lowest BCUT2D eigenvalue weighted by atomic mass is 10.1. The molecule has 0 spiro atoms. The Labute approximate surface area is 108 Å². The molecule has 0 aliphatic rings. The Kier molecular flexibility index (Phi) is 5.49. The Bertz CT molecular complexity index is 404. The van der Waals surface area contributed by atoms with Gasteiger partial charge in [-0.1, -0.05) is 20.3 Å². The molecule has 4 heteroatoms. The first-order valence-electron chi connectivity index (χ1n) is 6.19. The van der Waals surface area contributed by atoms with Crippen LogP contribution in [0.2, 0.25) is 0 Å². The van der Waals surface area contributed by atoms with Crippen LogP contribution >= 0.6 is 0 Å². The van der Waals surface area contributed by atoms with Crippen LogP contribution in [0.15, 0.2) is 18.2 Å². The van der Waals surface area contributed by atoms with Crippen molar-refractivity contribution < 1.29 is 14.3 Å². The fourth-order valence-corrected chi connectivity index (χ4v) is 1.75. The van der Waals surface area contributed by atoms with Crippen molar-refractivity contribution in [1.29, 1.82) is 0 Å². The maximum Gasteiger partial charge on any atom is 0.341 e. The van der Waals surface area contributed by atoms with Gasteiger partial charge in [0.1, 0.15) is 11.3 Å². The predicted octanol–water partition coefficient (Wildman–Crippen LogP) is 2.87. The molecule has 0 saturated heterocycles. The van der Waals surface area contributed by atoms with E-state index in [1.54, 1.807) is 18.2 Å². The molecule has 1 aromatic rings. The van der Waals surface area contributed by atoms with Gasteiger partial charge in [-0.15, -0.1) is 0 Å². The van der Waals surface area contributed by atoms with E-state index >= 15 is 0 Å². The molecule has 0 bridgehead atoms. The van der Waals surface area contributed by atoms with Gasteiger partial charge in [0.05, 0.1) is 13.7 Å². The van der Waals surface area contributed by atoms with E-state index in [0.29, 0.717) is 29.5 Å². The maximum absolute atomic E-state index is 11.9. The van der Waals surface area contributed by atoms with E-state index < -0.39 is 0 Å². The molecule has 18 heavy (non-hydrogen) atoms. The highest BCUT2D eigenvalue weighted by atomic mass is 16.5. The van der Waals surface area contributed by atoms with Crippen LogP contribution in [-0.2, 0) is 4.74 Å². The number of methoxy groups -OCH3 is 1. The summed E-state index contributed by atoms with van der Waals surface area (Å²) in [7, 11) is 1.51. The number of nitrogen functional groups attached to an aromatic ring is 1. The fraction of sp³-hybridized carbons (Fsp3) is 0.500. The van der Waals surface area contributed by atoms with Gasteiger partial charge in [0, 0.05) is 11.8 Å². The summed E-state index contributed by atoms with van der Waals surface area (Å²) in [6.07, 6.45) is 2.13. The fourth-order valence-electron chi connectivity index (χ4n) is 1.75. The van der Waals surface area contributed by atoms with Gasteiger partial charge in [-0.2, -0.15) is 0 Å². The first-order valence-corrected chi connectivity index (χ1v) is 6.19. The van der Waals surface area contributed by atoms with Crippen molar-refractivity contribution >= 4 is 11.7 Å². The number of ether oxygens (including phenoxy) is 2. The van der Waals surface area contributed by atoms with Crippen molar-refractivity contribution in [3.8, 4) is 5.75 Å². The molecule has 0 amide bonds. The maximum atomic E-state index is 11.9. The number of anilines is 1. The van der Waals surface area contributed by atoms with Crippen LogP contribution < -0.4 is 10.5 Å². The van der Waals surface area contributed by atoms with E-state index in [-0.39, 0.29) is 5.97 Å². The monoisotopic (exact) mass is 251 g/mol. The summed E-state index contributed by atoms with van der Waals surface area (Å²) < 4.78 is 10.4. The molecule has 4 nitrogen and oxygen atoms in total. The normalized spacial score (nSPS) is 11.9. The SMILES string of the molecule is CCCC(C)COC(=O)c1ccc(N)cc1OC. The third-order valence-electron chi connectivity index (χ3n) is 2.73. The standard InChI is InChI=1S/C14H21NO3/c1-4-5-10(2)9-18-14(16)12-7-6-11(15)8-13(12)17-3/h6-8,10H,4-5,9,15H2,1-3H3. The summed E-state index contributed by atoms with van der Waals surface area (Å²) in [5.41, 5.74) is 6.60. The molecule has 1 aromatic carbocycles. The number of benzene rings is 1. The second-order valence-electron chi connectivity index (χ2n) is 4.45. The van der Waals surface area contributed by atoms with E-state index in [9.17, 15) is 4.79 Å². The van der Waals surface area contributed by atoms with Crippen LogP contribution in [0.5, 0.6) is 5.75 Å². The average Bonchev–Trinajstić information content (AvgIpc) is 2.36. The highest BCUT2D eigenvalue weighted by Gasteiger charge is 2.15. The van der Waals surface area contributed by atoms with Crippen LogP contribution in [-0.4, -0.2) is 19.7 Å². The summed E-state index contributed by atoms with van der Waals surface area (Å²) in [4.78, 5) is 11.9. The Hall–Kier alpha value is -1.71. The molecule has 1 rings (SSSR count). The molecule has 0 heterocycles. The first-order chi connectivity index (χ1) is 8.58. The minimum absolute atomic E-state index is 0.366. The Balaban J connectivity index is 2.66. The lowest BCUT2D eigenvalue weighted by molar-refractivity contribution is 0.0440. The molecule has 0 aliphatic carbocycles. The topological polar surface area (TPSA) is 61.5 Å². The molecule has 1 atom stereocenters. The van der Waals surface area contributed by atoms with E-state index in [4.69, 9.17) is 15.2 Å². The van der Waals surface area contributed by atoms with Gasteiger partial charge in [0.25, 0.3) is 0 Å². The summed E-state index contributed by atoms with van der Waals surface area (Å²) in [5.74, 6) is 0.455. The van der Waals surface area contributed by atoms with Crippen molar-refractivity contribution in [2.75, 3.05) is 19.5 Å². The zero-order valence-electron chi connectivity index (χ0n) is 11.2. The molecule has 2 N–H and O–H groups in total. The van der Waals surface area contributed by atoms with Crippen LogP contribution in [0, 0.1) is 5.92 Å². The number of hydrogen-bond acceptors (Lipinski definition) is 4. The zero-order valence-corrected chi connectivity index (χ0v) is 11.2. The number of carbonyl (C=O) groups is 1. The van der Waals surface area contributed by atoms with Crippen molar-refractivity contribution in [1.82, 2.24) is 0 Å². The van der Waals surface area contributed by atoms with Gasteiger partial charge in [-0.3, -0.25) is 0 Å². The minimum atomic E-state index is -0.366. The highest BCUT2D eigenvalue weighted by molar-refractivity contribution is 5.93. The largest absolute Gasteiger partial charge is 0.496 e. The van der Waals surface area contributed by atoms with Crippen LogP contribution in [0.4, 0.5) is 5.69 Å². The van der Waals surface area contributed by atoms with Crippen molar-refractivity contribution in [3.63, 3.8) is 0 Å². The van der Waals surface area contributed by atoms with Crippen LogP contribution in [0.25, 0.3) is 0 Å². The molecule has 0 saturated carbocycles. The molecule has 1 unspecified atom stereocenters. The quantitative estimate of drug-likeness (QED) is 0.623. The summed E-state index contributed by atoms with van der Waals surface area (Å²) >= 11 is 0. The van der Waals surface area contributed by atoms with Crippen molar-refractivity contribution in [2.45, 2.75) is 26.7 Å². The number of nitrogens with two attached hydrogens (primary N) is 1. The predicted molar refractivity (Wildman–Crippen MR) is 71.8 cm³/mol. The lowest BCUT2D eigenvalue weighted by Crippen LogP contribution is -2.13. The first kappa shape index (κ1) is 14.4. The molecule has 100 valence electrons. The number of rotatable bonds is 6. The number of hydrogen-bond donors (Lipinski definition) is 1. The Morgan fingerprint density at radius 1 is 1.44 bits per heavy atom. The second kappa shape index (κ2) is 6.89. The molecule has 0 radical (unpaired) electrons. The van der Waals surface area contributed by atoms with Gasteiger partial charge in [-0.25, -0.2) is 4.79 Å². The molecular weight excluding hydrogens is 230 g/mol. The third kappa shape index (κ3) is 3.95. The molecule has 0 aromatic heterocycles. The third-order valence-corrected chi connectivity index (χ3v) is 2.73. The summed E-state index contributed by atoms with van der Waals surface area (Å²) in [6.45, 7) is 4.61. The van der Waals surface area contributed by atoms with E-state index in [0.717, 1.165) is 12.8 Å². The molecule has 0 fully saturated rings. The number of carbonyl (C=O) groups excluding carboxylic acids is 1.